The number of benzene rings is 1. The molecule has 0 unspecified atom stereocenters. The van der Waals surface area contributed by atoms with E-state index in [4.69, 9.17) is 5.11 Å². The smallest absolute Gasteiger partial charge is 0.416 e. The van der Waals surface area contributed by atoms with Crippen LogP contribution in [0.25, 0.3) is 11.3 Å². The first kappa shape index (κ1) is 16.5. The van der Waals surface area contributed by atoms with Crippen LogP contribution in [-0.4, -0.2) is 39.3 Å². The number of fused-ring (bicyclic) bond motifs is 1. The molecule has 1 aromatic heterocycles. The van der Waals surface area contributed by atoms with E-state index in [1.807, 2.05) is 4.90 Å². The van der Waals surface area contributed by atoms with Crippen LogP contribution in [0.15, 0.2) is 24.3 Å². The number of hydrogen-bond acceptors (Lipinski definition) is 3. The molecule has 1 aliphatic rings. The summed E-state index contributed by atoms with van der Waals surface area (Å²) in [5, 5.41) is 16.0. The summed E-state index contributed by atoms with van der Waals surface area (Å²) in [6, 6.07) is 4.91. The van der Waals surface area contributed by atoms with Gasteiger partial charge >= 0.3 is 12.1 Å². The van der Waals surface area contributed by atoms with Gasteiger partial charge in [0, 0.05) is 42.9 Å². The van der Waals surface area contributed by atoms with Crippen LogP contribution in [0.3, 0.4) is 0 Å². The molecule has 2 N–H and O–H groups in total. The minimum Gasteiger partial charge on any atom is -0.481 e. The maximum absolute atomic E-state index is 12.7. The standard InChI is InChI=1S/C16H16F3N3O2/c17-16(18,19)11-3-1-10(2-4-11)15-12-9-22(8-6-14(23)24)7-5-13(12)20-21-15/h1-4H,5-9H2,(H,20,21)(H,23,24). The van der Waals surface area contributed by atoms with Gasteiger partial charge in [0.05, 0.1) is 17.7 Å². The van der Waals surface area contributed by atoms with Crippen LogP contribution in [0.4, 0.5) is 13.2 Å². The van der Waals surface area contributed by atoms with E-state index in [9.17, 15) is 18.0 Å². The molecule has 128 valence electrons. The first-order valence-corrected chi connectivity index (χ1v) is 7.52. The molecule has 0 atom stereocenters. The molecule has 8 heteroatoms. The molecule has 2 aromatic rings. The molecule has 2 heterocycles. The number of aromatic nitrogens is 2. The van der Waals surface area contributed by atoms with E-state index in [1.165, 1.54) is 12.1 Å². The van der Waals surface area contributed by atoms with Gasteiger partial charge in [-0.25, -0.2) is 0 Å². The maximum Gasteiger partial charge on any atom is 0.416 e. The molecule has 0 amide bonds. The highest BCUT2D eigenvalue weighted by molar-refractivity contribution is 5.67. The quantitative estimate of drug-likeness (QED) is 0.899. The maximum atomic E-state index is 12.7. The number of aliphatic carboxylic acids is 1. The Hall–Kier alpha value is -2.35. The molecule has 0 saturated carbocycles. The predicted octanol–water partition coefficient (Wildman–Crippen LogP) is 2.93. The van der Waals surface area contributed by atoms with Gasteiger partial charge in [-0.15, -0.1) is 0 Å². The molecule has 0 spiro atoms. The van der Waals surface area contributed by atoms with Gasteiger partial charge in [0.25, 0.3) is 0 Å². The van der Waals surface area contributed by atoms with Crippen LogP contribution >= 0.6 is 0 Å². The number of nitrogens with one attached hydrogen (secondary N) is 1. The van der Waals surface area contributed by atoms with Gasteiger partial charge in [-0.05, 0) is 12.1 Å². The van der Waals surface area contributed by atoms with Crippen molar-refractivity contribution >= 4 is 5.97 Å². The lowest BCUT2D eigenvalue weighted by molar-refractivity contribution is -0.138. The third-order valence-corrected chi connectivity index (χ3v) is 4.14. The highest BCUT2D eigenvalue weighted by atomic mass is 19.4. The number of carboxylic acid groups (broad SMARTS) is 1. The minimum atomic E-state index is -4.36. The Morgan fingerprint density at radius 3 is 2.62 bits per heavy atom. The highest BCUT2D eigenvalue weighted by Crippen LogP contribution is 2.33. The molecular weight excluding hydrogens is 323 g/mol. The van der Waals surface area contributed by atoms with E-state index in [2.05, 4.69) is 10.2 Å². The fourth-order valence-electron chi connectivity index (χ4n) is 2.85. The Morgan fingerprint density at radius 1 is 1.29 bits per heavy atom. The molecule has 0 radical (unpaired) electrons. The molecule has 0 aliphatic carbocycles. The molecule has 0 bridgehead atoms. The number of hydrogen-bond donors (Lipinski definition) is 2. The van der Waals surface area contributed by atoms with Crippen molar-refractivity contribution in [1.29, 1.82) is 0 Å². The molecular formula is C16H16F3N3O2. The predicted molar refractivity (Wildman–Crippen MR) is 80.3 cm³/mol. The van der Waals surface area contributed by atoms with Crippen LogP contribution in [0.1, 0.15) is 23.2 Å². The lowest BCUT2D eigenvalue weighted by Crippen LogP contribution is -2.32. The van der Waals surface area contributed by atoms with Crippen LogP contribution in [-0.2, 0) is 23.9 Å². The van der Waals surface area contributed by atoms with Crippen LogP contribution in [0, 0.1) is 0 Å². The number of halogens is 3. The summed E-state index contributed by atoms with van der Waals surface area (Å²) in [7, 11) is 0. The van der Waals surface area contributed by atoms with Crippen LogP contribution in [0.5, 0.6) is 0 Å². The Kier molecular flexibility index (Phi) is 4.31. The summed E-state index contributed by atoms with van der Waals surface area (Å²) in [6.07, 6.45) is -3.59. The molecule has 1 aromatic carbocycles. The van der Waals surface area contributed by atoms with E-state index in [1.54, 1.807) is 0 Å². The molecule has 5 nitrogen and oxygen atoms in total. The zero-order valence-corrected chi connectivity index (χ0v) is 12.7. The number of alkyl halides is 3. The van der Waals surface area contributed by atoms with E-state index in [0.29, 0.717) is 30.8 Å². The third-order valence-electron chi connectivity index (χ3n) is 4.14. The summed E-state index contributed by atoms with van der Waals surface area (Å²) in [6.45, 7) is 1.71. The molecule has 24 heavy (non-hydrogen) atoms. The molecule has 3 rings (SSSR count). The Labute approximate surface area is 136 Å². The highest BCUT2D eigenvalue weighted by Gasteiger charge is 2.30. The van der Waals surface area contributed by atoms with E-state index in [0.717, 1.165) is 29.9 Å². The summed E-state index contributed by atoms with van der Waals surface area (Å²) >= 11 is 0. The van der Waals surface area contributed by atoms with E-state index < -0.39 is 17.7 Å². The zero-order chi connectivity index (χ0) is 17.3. The van der Waals surface area contributed by atoms with Gasteiger partial charge in [0.2, 0.25) is 0 Å². The van der Waals surface area contributed by atoms with Gasteiger partial charge in [0.15, 0.2) is 0 Å². The Morgan fingerprint density at radius 2 is 2.00 bits per heavy atom. The van der Waals surface area contributed by atoms with Gasteiger partial charge in [-0.2, -0.15) is 18.3 Å². The molecule has 1 aliphatic heterocycles. The number of H-pyrrole nitrogens is 1. The van der Waals surface area contributed by atoms with Gasteiger partial charge < -0.3 is 5.11 Å². The van der Waals surface area contributed by atoms with Crippen molar-refractivity contribution in [2.24, 2.45) is 0 Å². The van der Waals surface area contributed by atoms with Crippen molar-refractivity contribution in [2.45, 2.75) is 25.6 Å². The molecule has 0 saturated heterocycles. The lowest BCUT2D eigenvalue weighted by Gasteiger charge is -2.26. The number of carbonyl (C=O) groups is 1. The average Bonchev–Trinajstić information content (AvgIpc) is 2.95. The normalized spacial score (nSPS) is 15.3. The SMILES string of the molecule is O=C(O)CCN1CCc2[nH]nc(-c3ccc(C(F)(F)F)cc3)c2C1. The van der Waals surface area contributed by atoms with Gasteiger partial charge in [0.1, 0.15) is 0 Å². The number of nitrogens with zero attached hydrogens (tertiary/aromatic N) is 2. The molecule has 0 fully saturated rings. The fraction of sp³-hybridized carbons (Fsp3) is 0.375. The van der Waals surface area contributed by atoms with Crippen molar-refractivity contribution in [2.75, 3.05) is 13.1 Å². The third kappa shape index (κ3) is 3.43. The summed E-state index contributed by atoms with van der Waals surface area (Å²) in [4.78, 5) is 12.7. The second-order valence-electron chi connectivity index (χ2n) is 5.77. The summed E-state index contributed by atoms with van der Waals surface area (Å²) in [5.41, 5.74) is 2.42. The van der Waals surface area contributed by atoms with Crippen molar-refractivity contribution in [3.8, 4) is 11.3 Å². The van der Waals surface area contributed by atoms with Gasteiger partial charge in [-0.3, -0.25) is 14.8 Å². The average molecular weight is 339 g/mol. The number of carboxylic acids is 1. The number of rotatable bonds is 4. The van der Waals surface area contributed by atoms with Crippen molar-refractivity contribution in [1.82, 2.24) is 15.1 Å². The first-order valence-electron chi connectivity index (χ1n) is 7.52. The van der Waals surface area contributed by atoms with Crippen molar-refractivity contribution in [3.63, 3.8) is 0 Å². The van der Waals surface area contributed by atoms with E-state index >= 15 is 0 Å². The zero-order valence-electron chi connectivity index (χ0n) is 12.7. The second-order valence-corrected chi connectivity index (χ2v) is 5.77. The van der Waals surface area contributed by atoms with Crippen LogP contribution < -0.4 is 0 Å². The monoisotopic (exact) mass is 339 g/mol. The lowest BCUT2D eigenvalue weighted by atomic mass is 10.00. The summed E-state index contributed by atoms with van der Waals surface area (Å²) in [5.74, 6) is -0.851. The Bertz CT molecular complexity index is 738. The number of aromatic amines is 1. The van der Waals surface area contributed by atoms with Crippen molar-refractivity contribution in [3.05, 3.63) is 41.1 Å². The van der Waals surface area contributed by atoms with Crippen LogP contribution in [0.2, 0.25) is 0 Å². The Balaban J connectivity index is 1.82. The topological polar surface area (TPSA) is 69.2 Å². The first-order chi connectivity index (χ1) is 11.3. The second kappa shape index (κ2) is 6.27. The fourth-order valence-corrected chi connectivity index (χ4v) is 2.85. The van der Waals surface area contributed by atoms with Gasteiger partial charge in [-0.1, -0.05) is 12.1 Å². The van der Waals surface area contributed by atoms with E-state index in [-0.39, 0.29) is 6.42 Å². The van der Waals surface area contributed by atoms with Crippen molar-refractivity contribution < 1.29 is 23.1 Å². The minimum absolute atomic E-state index is 0.0583. The largest absolute Gasteiger partial charge is 0.481 e. The summed E-state index contributed by atoms with van der Waals surface area (Å²) < 4.78 is 38.0.